The number of carbonyl (C=O) groups is 2. The summed E-state index contributed by atoms with van der Waals surface area (Å²) < 4.78 is 16.1. The Labute approximate surface area is 202 Å². The number of amides is 1. The lowest BCUT2D eigenvalue weighted by atomic mass is 9.94. The summed E-state index contributed by atoms with van der Waals surface area (Å²) in [6.07, 6.45) is 0.629. The van der Waals surface area contributed by atoms with Gasteiger partial charge in [0.2, 0.25) is 0 Å². The minimum atomic E-state index is -0.801. The van der Waals surface area contributed by atoms with E-state index in [1.807, 2.05) is 13.8 Å². The van der Waals surface area contributed by atoms with Crippen LogP contribution in [0.15, 0.2) is 35.9 Å². The van der Waals surface area contributed by atoms with Gasteiger partial charge in [-0.25, -0.2) is 0 Å². The molecule has 0 spiro atoms. The number of ketones is 1. The van der Waals surface area contributed by atoms with Gasteiger partial charge in [-0.15, -0.1) is 0 Å². The molecule has 0 aromatic heterocycles. The maximum absolute atomic E-state index is 13.1. The molecule has 1 aliphatic rings. The molecule has 1 N–H and O–H groups in total. The summed E-state index contributed by atoms with van der Waals surface area (Å²) in [5, 5.41) is 11.5. The van der Waals surface area contributed by atoms with Crippen molar-refractivity contribution in [3.63, 3.8) is 0 Å². The monoisotopic (exact) mass is 493 g/mol. The molecule has 1 atom stereocenters. The molecule has 1 saturated heterocycles. The molecule has 1 heterocycles. The van der Waals surface area contributed by atoms with Crippen molar-refractivity contribution in [1.82, 2.24) is 4.90 Å². The van der Waals surface area contributed by atoms with Gasteiger partial charge in [-0.1, -0.05) is 42.3 Å². The summed E-state index contributed by atoms with van der Waals surface area (Å²) in [5.41, 5.74) is 0.657. The van der Waals surface area contributed by atoms with Gasteiger partial charge in [-0.3, -0.25) is 9.59 Å². The van der Waals surface area contributed by atoms with Crippen molar-refractivity contribution in [1.29, 1.82) is 0 Å². The molecule has 1 aliphatic heterocycles. The normalized spacial score (nSPS) is 17.4. The van der Waals surface area contributed by atoms with Gasteiger partial charge in [0, 0.05) is 6.54 Å². The third kappa shape index (κ3) is 4.48. The average molecular weight is 494 g/mol. The standard InChI is InChI=1S/C24H25Cl2NO6/c1-5-11-27-19(13-7-9-14(10-8-13)33-6-2)17(21(29)24(27)30)20(28)15-12-16(25)23(32-4)18(26)22(15)31-3/h7-10,12,19,28H,5-6,11H2,1-4H3/b20-17+. The van der Waals surface area contributed by atoms with Gasteiger partial charge < -0.3 is 24.2 Å². The maximum atomic E-state index is 13.1. The van der Waals surface area contributed by atoms with E-state index in [0.717, 1.165) is 0 Å². The SMILES string of the molecule is CCCN1C(=O)C(=O)/C(=C(/O)c2cc(Cl)c(OC)c(Cl)c2OC)C1c1ccc(OCC)cc1. The smallest absolute Gasteiger partial charge is 0.295 e. The molecule has 0 bridgehead atoms. The van der Waals surface area contributed by atoms with Gasteiger partial charge in [-0.05, 0) is 37.1 Å². The fourth-order valence-corrected chi connectivity index (χ4v) is 4.59. The highest BCUT2D eigenvalue weighted by Crippen LogP contribution is 2.47. The summed E-state index contributed by atoms with van der Waals surface area (Å²) in [6, 6.07) is 7.64. The van der Waals surface area contributed by atoms with Crippen molar-refractivity contribution in [2.24, 2.45) is 0 Å². The van der Waals surface area contributed by atoms with Gasteiger partial charge in [0.1, 0.15) is 16.5 Å². The molecule has 1 amide bonds. The second-order valence-corrected chi connectivity index (χ2v) is 8.07. The largest absolute Gasteiger partial charge is 0.507 e. The third-order valence-corrected chi connectivity index (χ3v) is 5.93. The van der Waals surface area contributed by atoms with E-state index < -0.39 is 23.5 Å². The van der Waals surface area contributed by atoms with Crippen LogP contribution in [0.1, 0.15) is 37.4 Å². The number of hydrogen-bond acceptors (Lipinski definition) is 6. The number of hydrogen-bond donors (Lipinski definition) is 1. The number of halogens is 2. The number of carbonyl (C=O) groups excluding carboxylic acids is 2. The van der Waals surface area contributed by atoms with Crippen LogP contribution in [0, 0.1) is 0 Å². The lowest BCUT2D eigenvalue weighted by Gasteiger charge is -2.25. The van der Waals surface area contributed by atoms with E-state index in [1.54, 1.807) is 24.3 Å². The Hall–Kier alpha value is -2.90. The zero-order chi connectivity index (χ0) is 24.3. The second kappa shape index (κ2) is 10.4. The Morgan fingerprint density at radius 1 is 1.06 bits per heavy atom. The average Bonchev–Trinajstić information content (AvgIpc) is 3.04. The predicted octanol–water partition coefficient (Wildman–Crippen LogP) is 5.24. The van der Waals surface area contributed by atoms with Crippen LogP contribution in [0.25, 0.3) is 5.76 Å². The number of benzene rings is 2. The molecule has 9 heteroatoms. The Morgan fingerprint density at radius 3 is 2.24 bits per heavy atom. The molecule has 0 saturated carbocycles. The number of rotatable bonds is 8. The second-order valence-electron chi connectivity index (χ2n) is 7.28. The number of aliphatic hydroxyl groups is 1. The summed E-state index contributed by atoms with van der Waals surface area (Å²) in [7, 11) is 2.76. The van der Waals surface area contributed by atoms with Gasteiger partial charge in [0.25, 0.3) is 11.7 Å². The highest BCUT2D eigenvalue weighted by atomic mass is 35.5. The first kappa shape index (κ1) is 24.7. The zero-order valence-corrected chi connectivity index (χ0v) is 20.3. The van der Waals surface area contributed by atoms with Crippen LogP contribution in [0.4, 0.5) is 0 Å². The van der Waals surface area contributed by atoms with Crippen LogP contribution in [0.2, 0.25) is 10.0 Å². The van der Waals surface area contributed by atoms with Crippen molar-refractivity contribution in [2.75, 3.05) is 27.4 Å². The lowest BCUT2D eigenvalue weighted by molar-refractivity contribution is -0.139. The van der Waals surface area contributed by atoms with Gasteiger partial charge in [0.15, 0.2) is 11.5 Å². The maximum Gasteiger partial charge on any atom is 0.295 e. The number of aliphatic hydroxyl groups excluding tert-OH is 1. The number of methoxy groups -OCH3 is 2. The van der Waals surface area contributed by atoms with Crippen LogP contribution < -0.4 is 14.2 Å². The van der Waals surface area contributed by atoms with E-state index in [0.29, 0.717) is 30.9 Å². The number of nitrogens with zero attached hydrogens (tertiary/aromatic N) is 1. The molecular formula is C24H25Cl2NO6. The summed E-state index contributed by atoms with van der Waals surface area (Å²) in [4.78, 5) is 27.4. The summed E-state index contributed by atoms with van der Waals surface area (Å²) in [5.74, 6) is -1.03. The van der Waals surface area contributed by atoms with Crippen LogP contribution >= 0.6 is 23.2 Å². The van der Waals surface area contributed by atoms with E-state index in [2.05, 4.69) is 0 Å². The van der Waals surface area contributed by atoms with E-state index in [4.69, 9.17) is 37.4 Å². The van der Waals surface area contributed by atoms with Gasteiger partial charge >= 0.3 is 0 Å². The summed E-state index contributed by atoms with van der Waals surface area (Å²) >= 11 is 12.7. The minimum absolute atomic E-state index is 0.0365. The molecule has 176 valence electrons. The van der Waals surface area contributed by atoms with Crippen LogP contribution in [-0.4, -0.2) is 49.1 Å². The molecular weight excluding hydrogens is 469 g/mol. The van der Waals surface area contributed by atoms with Crippen molar-refractivity contribution in [3.05, 3.63) is 57.1 Å². The molecule has 33 heavy (non-hydrogen) atoms. The van der Waals surface area contributed by atoms with Gasteiger partial charge in [-0.2, -0.15) is 0 Å². The first-order valence-electron chi connectivity index (χ1n) is 10.4. The topological polar surface area (TPSA) is 85.3 Å². The quantitative estimate of drug-likeness (QED) is 0.307. The molecule has 1 fully saturated rings. The van der Waals surface area contributed by atoms with Gasteiger partial charge in [0.05, 0.1) is 43.0 Å². The molecule has 0 aliphatic carbocycles. The molecule has 1 unspecified atom stereocenters. The Balaban J connectivity index is 2.25. The first-order valence-corrected chi connectivity index (χ1v) is 11.2. The van der Waals surface area contributed by atoms with Crippen molar-refractivity contribution in [3.8, 4) is 17.2 Å². The van der Waals surface area contributed by atoms with E-state index in [-0.39, 0.29) is 32.7 Å². The number of Topliss-reactive ketones (excluding diaryl/α,β-unsaturated/α-hetero) is 1. The first-order chi connectivity index (χ1) is 15.8. The van der Waals surface area contributed by atoms with Crippen LogP contribution in [0.3, 0.4) is 0 Å². The number of likely N-dealkylation sites (tertiary alicyclic amines) is 1. The highest BCUT2D eigenvalue weighted by Gasteiger charge is 2.46. The van der Waals surface area contributed by atoms with Crippen LogP contribution in [0.5, 0.6) is 17.2 Å². The molecule has 0 radical (unpaired) electrons. The van der Waals surface area contributed by atoms with E-state index in [9.17, 15) is 14.7 Å². The van der Waals surface area contributed by atoms with E-state index >= 15 is 0 Å². The van der Waals surface area contributed by atoms with Crippen molar-refractivity contribution in [2.45, 2.75) is 26.3 Å². The number of ether oxygens (including phenoxy) is 3. The minimum Gasteiger partial charge on any atom is -0.507 e. The third-order valence-electron chi connectivity index (χ3n) is 5.31. The Morgan fingerprint density at radius 2 is 1.70 bits per heavy atom. The highest BCUT2D eigenvalue weighted by molar-refractivity contribution is 6.47. The summed E-state index contributed by atoms with van der Waals surface area (Å²) in [6.45, 7) is 4.62. The Kier molecular flexibility index (Phi) is 7.76. The molecule has 2 aromatic carbocycles. The zero-order valence-electron chi connectivity index (χ0n) is 18.8. The Bertz CT molecular complexity index is 1100. The van der Waals surface area contributed by atoms with Crippen molar-refractivity contribution < 1.29 is 28.9 Å². The van der Waals surface area contributed by atoms with Crippen LogP contribution in [-0.2, 0) is 9.59 Å². The lowest BCUT2D eigenvalue weighted by Crippen LogP contribution is -2.30. The predicted molar refractivity (Wildman–Crippen MR) is 126 cm³/mol. The molecule has 3 rings (SSSR count). The molecule has 7 nitrogen and oxygen atoms in total. The molecule has 2 aromatic rings. The fraction of sp³-hybridized carbons (Fsp3) is 0.333. The van der Waals surface area contributed by atoms with Crippen molar-refractivity contribution >= 4 is 40.7 Å². The van der Waals surface area contributed by atoms with E-state index in [1.165, 1.54) is 25.2 Å². The fourth-order valence-electron chi connectivity index (χ4n) is 3.90.